The zero-order valence-electron chi connectivity index (χ0n) is 10.4. The highest BCUT2D eigenvalue weighted by Gasteiger charge is 2.24. The summed E-state index contributed by atoms with van der Waals surface area (Å²) in [7, 11) is 0. The smallest absolute Gasteiger partial charge is 0.254 e. The Morgan fingerprint density at radius 1 is 1.39 bits per heavy atom. The quantitative estimate of drug-likeness (QED) is 0.891. The molecule has 94 valence electrons. The lowest BCUT2D eigenvalue weighted by atomic mass is 9.90. The van der Waals surface area contributed by atoms with E-state index in [0.29, 0.717) is 12.1 Å². The Labute approximate surface area is 105 Å². The van der Waals surface area contributed by atoms with Gasteiger partial charge in [-0.1, -0.05) is 13.8 Å². The highest BCUT2D eigenvalue weighted by atomic mass is 16.3. The lowest BCUT2D eigenvalue weighted by Gasteiger charge is -2.22. The Morgan fingerprint density at radius 3 is 2.72 bits per heavy atom. The maximum atomic E-state index is 11.8. The maximum Gasteiger partial charge on any atom is 0.254 e. The van der Waals surface area contributed by atoms with Crippen LogP contribution >= 0.6 is 0 Å². The molecule has 2 aromatic rings. The minimum absolute atomic E-state index is 0.185. The van der Waals surface area contributed by atoms with Crippen molar-refractivity contribution in [2.24, 2.45) is 0 Å². The van der Waals surface area contributed by atoms with Gasteiger partial charge in [0.15, 0.2) is 0 Å². The number of nitrogens with zero attached hydrogens (tertiary/aromatic N) is 2. The van der Waals surface area contributed by atoms with E-state index in [1.165, 1.54) is 18.7 Å². The summed E-state index contributed by atoms with van der Waals surface area (Å²) < 4.78 is 5.36. The van der Waals surface area contributed by atoms with E-state index in [1.54, 1.807) is 6.26 Å². The van der Waals surface area contributed by atoms with Crippen LogP contribution in [0.5, 0.6) is 0 Å². The first-order chi connectivity index (χ1) is 8.59. The molecule has 0 saturated heterocycles. The van der Waals surface area contributed by atoms with Crippen molar-refractivity contribution >= 4 is 5.91 Å². The van der Waals surface area contributed by atoms with Crippen LogP contribution in [0.2, 0.25) is 0 Å². The van der Waals surface area contributed by atoms with E-state index < -0.39 is 0 Å². The first-order valence-corrected chi connectivity index (χ1v) is 5.67. The van der Waals surface area contributed by atoms with Gasteiger partial charge in [0.05, 0.1) is 11.8 Å². The van der Waals surface area contributed by atoms with Crippen molar-refractivity contribution in [3.05, 3.63) is 48.4 Å². The van der Waals surface area contributed by atoms with Crippen molar-refractivity contribution in [2.75, 3.05) is 6.54 Å². The Morgan fingerprint density at radius 2 is 2.11 bits per heavy atom. The summed E-state index contributed by atoms with van der Waals surface area (Å²) in [5.41, 5.74) is 0.196. The highest BCUT2D eigenvalue weighted by Crippen LogP contribution is 2.22. The number of hydrogen-bond donors (Lipinski definition) is 1. The van der Waals surface area contributed by atoms with Crippen LogP contribution in [0, 0.1) is 0 Å². The van der Waals surface area contributed by atoms with E-state index in [0.717, 1.165) is 5.76 Å². The van der Waals surface area contributed by atoms with Gasteiger partial charge in [0.25, 0.3) is 5.91 Å². The Bertz CT molecular complexity index is 506. The third-order valence-corrected chi connectivity index (χ3v) is 2.70. The van der Waals surface area contributed by atoms with Gasteiger partial charge in [-0.15, -0.1) is 0 Å². The molecule has 1 amide bonds. The first kappa shape index (κ1) is 12.3. The molecule has 18 heavy (non-hydrogen) atoms. The SMILES string of the molecule is CC(C)(CNC(=O)c1cncnc1)c1ccco1. The zero-order valence-corrected chi connectivity index (χ0v) is 10.4. The number of rotatable bonds is 4. The topological polar surface area (TPSA) is 68.0 Å². The van der Waals surface area contributed by atoms with Crippen LogP contribution in [0.25, 0.3) is 0 Å². The van der Waals surface area contributed by atoms with Gasteiger partial charge in [0.1, 0.15) is 12.1 Å². The van der Waals surface area contributed by atoms with Gasteiger partial charge in [-0.2, -0.15) is 0 Å². The molecule has 0 aromatic carbocycles. The summed E-state index contributed by atoms with van der Waals surface area (Å²) in [6, 6.07) is 3.74. The van der Waals surface area contributed by atoms with Crippen molar-refractivity contribution in [3.8, 4) is 0 Å². The molecular weight excluding hydrogens is 230 g/mol. The summed E-state index contributed by atoms with van der Waals surface area (Å²) in [5.74, 6) is 0.655. The van der Waals surface area contributed by atoms with Gasteiger partial charge in [-0.3, -0.25) is 4.79 Å². The number of hydrogen-bond acceptors (Lipinski definition) is 4. The number of nitrogens with one attached hydrogen (secondary N) is 1. The molecule has 0 unspecified atom stereocenters. The molecule has 0 aliphatic rings. The molecule has 0 spiro atoms. The molecule has 0 radical (unpaired) electrons. The molecule has 5 heteroatoms. The van der Waals surface area contributed by atoms with E-state index in [-0.39, 0.29) is 11.3 Å². The minimum atomic E-state index is -0.255. The van der Waals surface area contributed by atoms with E-state index in [9.17, 15) is 4.79 Å². The normalized spacial score (nSPS) is 11.2. The third kappa shape index (κ3) is 2.74. The van der Waals surface area contributed by atoms with Crippen LogP contribution in [0.4, 0.5) is 0 Å². The average molecular weight is 245 g/mol. The fraction of sp³-hybridized carbons (Fsp3) is 0.308. The standard InChI is InChI=1S/C13H15N3O2/c1-13(2,11-4-3-5-18-11)8-16-12(17)10-6-14-9-15-7-10/h3-7,9H,8H2,1-2H3,(H,16,17). The van der Waals surface area contributed by atoms with Crippen molar-refractivity contribution in [1.29, 1.82) is 0 Å². The molecule has 2 heterocycles. The summed E-state index contributed by atoms with van der Waals surface area (Å²) in [4.78, 5) is 19.5. The lowest BCUT2D eigenvalue weighted by molar-refractivity contribution is 0.0943. The largest absolute Gasteiger partial charge is 0.469 e. The molecule has 5 nitrogen and oxygen atoms in total. The van der Waals surface area contributed by atoms with Gasteiger partial charge >= 0.3 is 0 Å². The monoisotopic (exact) mass is 245 g/mol. The molecule has 0 aliphatic heterocycles. The second-order valence-electron chi connectivity index (χ2n) is 4.67. The molecule has 2 rings (SSSR count). The first-order valence-electron chi connectivity index (χ1n) is 5.67. The maximum absolute atomic E-state index is 11.8. The molecule has 0 aliphatic carbocycles. The van der Waals surface area contributed by atoms with E-state index in [4.69, 9.17) is 4.42 Å². The van der Waals surface area contributed by atoms with Crippen LogP contribution < -0.4 is 5.32 Å². The molecule has 0 fully saturated rings. The second-order valence-corrected chi connectivity index (χ2v) is 4.67. The summed E-state index contributed by atoms with van der Waals surface area (Å²) in [6.45, 7) is 4.50. The number of furan rings is 1. The van der Waals surface area contributed by atoms with Crippen LogP contribution in [-0.4, -0.2) is 22.4 Å². The van der Waals surface area contributed by atoms with Gasteiger partial charge in [0, 0.05) is 24.4 Å². The van der Waals surface area contributed by atoms with Gasteiger partial charge in [0.2, 0.25) is 0 Å². The molecular formula is C13H15N3O2. The lowest BCUT2D eigenvalue weighted by Crippen LogP contribution is -2.36. The van der Waals surface area contributed by atoms with Crippen molar-refractivity contribution in [2.45, 2.75) is 19.3 Å². The van der Waals surface area contributed by atoms with Crippen LogP contribution in [0.15, 0.2) is 41.5 Å². The predicted octanol–water partition coefficient (Wildman–Crippen LogP) is 1.78. The molecule has 0 atom stereocenters. The Balaban J connectivity index is 1.98. The number of aromatic nitrogens is 2. The molecule has 0 bridgehead atoms. The van der Waals surface area contributed by atoms with E-state index in [2.05, 4.69) is 15.3 Å². The summed E-state index contributed by atoms with van der Waals surface area (Å²) in [6.07, 6.45) is 6.00. The Kier molecular flexibility index (Phi) is 3.41. The average Bonchev–Trinajstić information content (AvgIpc) is 2.92. The summed E-state index contributed by atoms with van der Waals surface area (Å²) >= 11 is 0. The summed E-state index contributed by atoms with van der Waals surface area (Å²) in [5, 5.41) is 2.85. The second kappa shape index (κ2) is 5.00. The number of carbonyl (C=O) groups excluding carboxylic acids is 1. The predicted molar refractivity (Wildman–Crippen MR) is 66.1 cm³/mol. The number of amides is 1. The van der Waals surface area contributed by atoms with Crippen LogP contribution in [-0.2, 0) is 5.41 Å². The fourth-order valence-corrected chi connectivity index (χ4v) is 1.57. The molecule has 1 N–H and O–H groups in total. The fourth-order valence-electron chi connectivity index (χ4n) is 1.57. The minimum Gasteiger partial charge on any atom is -0.469 e. The van der Waals surface area contributed by atoms with Crippen molar-refractivity contribution in [1.82, 2.24) is 15.3 Å². The van der Waals surface area contributed by atoms with E-state index >= 15 is 0 Å². The van der Waals surface area contributed by atoms with E-state index in [1.807, 2.05) is 26.0 Å². The van der Waals surface area contributed by atoms with Crippen LogP contribution in [0.3, 0.4) is 0 Å². The number of carbonyl (C=O) groups is 1. The Hall–Kier alpha value is -2.17. The molecule has 0 saturated carbocycles. The van der Waals surface area contributed by atoms with Gasteiger partial charge < -0.3 is 9.73 Å². The molecule has 2 aromatic heterocycles. The van der Waals surface area contributed by atoms with Gasteiger partial charge in [-0.05, 0) is 12.1 Å². The van der Waals surface area contributed by atoms with Crippen molar-refractivity contribution < 1.29 is 9.21 Å². The van der Waals surface area contributed by atoms with Crippen LogP contribution in [0.1, 0.15) is 30.0 Å². The third-order valence-electron chi connectivity index (χ3n) is 2.70. The van der Waals surface area contributed by atoms with Gasteiger partial charge in [-0.25, -0.2) is 9.97 Å². The highest BCUT2D eigenvalue weighted by molar-refractivity contribution is 5.93. The van der Waals surface area contributed by atoms with Crippen molar-refractivity contribution in [3.63, 3.8) is 0 Å². The zero-order chi connectivity index (χ0) is 13.0.